The van der Waals surface area contributed by atoms with Crippen molar-refractivity contribution in [2.45, 2.75) is 13.5 Å². The van der Waals surface area contributed by atoms with Crippen LogP contribution in [-0.2, 0) is 6.54 Å². The lowest BCUT2D eigenvalue weighted by atomic mass is 10.1. The highest BCUT2D eigenvalue weighted by molar-refractivity contribution is 5.92. The summed E-state index contributed by atoms with van der Waals surface area (Å²) >= 11 is 0. The Bertz CT molecular complexity index is 1120. The number of benzene rings is 1. The van der Waals surface area contributed by atoms with E-state index in [0.717, 1.165) is 16.8 Å². The number of nitrogens with two attached hydrogens (primary N) is 1. The Morgan fingerprint density at radius 2 is 2.15 bits per heavy atom. The Balaban J connectivity index is 1.97. The number of aryl methyl sites for hydroxylation is 1. The van der Waals surface area contributed by atoms with Gasteiger partial charge in [0.1, 0.15) is 17.9 Å². The third kappa shape index (κ3) is 3.56. The SMILES string of the molecule is Cc1ccc(-c2noc(Cn3cc([N+](=O)[O-])cc(C(N)=O)c3=O)n2)cc1F. The number of aromatic nitrogens is 3. The lowest BCUT2D eigenvalue weighted by Gasteiger charge is -2.04. The van der Waals surface area contributed by atoms with Gasteiger partial charge in [0, 0.05) is 11.6 Å². The van der Waals surface area contributed by atoms with Gasteiger partial charge in [0.2, 0.25) is 11.7 Å². The van der Waals surface area contributed by atoms with Gasteiger partial charge in [0.05, 0.1) is 11.1 Å². The lowest BCUT2D eigenvalue weighted by molar-refractivity contribution is -0.385. The number of amides is 1. The number of halogens is 1. The van der Waals surface area contributed by atoms with Crippen molar-refractivity contribution in [1.82, 2.24) is 14.7 Å². The van der Waals surface area contributed by atoms with Gasteiger partial charge < -0.3 is 10.3 Å². The molecule has 2 aromatic heterocycles. The highest BCUT2D eigenvalue weighted by Gasteiger charge is 2.19. The van der Waals surface area contributed by atoms with Crippen LogP contribution in [0.5, 0.6) is 0 Å². The van der Waals surface area contributed by atoms with Crippen molar-refractivity contribution in [2.24, 2.45) is 5.73 Å². The summed E-state index contributed by atoms with van der Waals surface area (Å²) < 4.78 is 19.6. The van der Waals surface area contributed by atoms with E-state index < -0.39 is 33.5 Å². The molecule has 0 fully saturated rings. The molecule has 1 amide bonds. The number of primary amides is 1. The zero-order chi connectivity index (χ0) is 19.7. The number of hydrogen-bond donors (Lipinski definition) is 1. The van der Waals surface area contributed by atoms with Crippen LogP contribution in [0.25, 0.3) is 11.4 Å². The molecule has 0 bridgehead atoms. The van der Waals surface area contributed by atoms with Gasteiger partial charge in [-0.2, -0.15) is 4.98 Å². The first-order valence-electron chi connectivity index (χ1n) is 7.54. The summed E-state index contributed by atoms with van der Waals surface area (Å²) in [5.41, 5.74) is 4.03. The Morgan fingerprint density at radius 1 is 1.41 bits per heavy atom. The predicted molar refractivity (Wildman–Crippen MR) is 89.4 cm³/mol. The molecule has 1 aromatic carbocycles. The quantitative estimate of drug-likeness (QED) is 0.525. The van der Waals surface area contributed by atoms with Gasteiger partial charge in [-0.25, -0.2) is 4.39 Å². The molecule has 0 radical (unpaired) electrons. The van der Waals surface area contributed by atoms with Gasteiger partial charge in [-0.15, -0.1) is 0 Å². The molecule has 27 heavy (non-hydrogen) atoms. The highest BCUT2D eigenvalue weighted by atomic mass is 19.1. The zero-order valence-electron chi connectivity index (χ0n) is 13.9. The molecule has 10 nitrogen and oxygen atoms in total. The maximum atomic E-state index is 13.7. The minimum absolute atomic E-state index is 0.0657. The van der Waals surface area contributed by atoms with Gasteiger partial charge in [-0.3, -0.25) is 24.3 Å². The first-order chi connectivity index (χ1) is 12.8. The third-order valence-electron chi connectivity index (χ3n) is 3.75. The second-order valence-electron chi connectivity index (χ2n) is 5.64. The maximum absolute atomic E-state index is 13.7. The van der Waals surface area contributed by atoms with E-state index in [2.05, 4.69) is 10.1 Å². The monoisotopic (exact) mass is 373 g/mol. The van der Waals surface area contributed by atoms with Crippen molar-refractivity contribution in [3.05, 3.63) is 73.8 Å². The molecule has 3 rings (SSSR count). The average molecular weight is 373 g/mol. The molecule has 0 saturated heterocycles. The molecule has 0 aliphatic rings. The summed E-state index contributed by atoms with van der Waals surface area (Å²) in [6, 6.07) is 5.17. The van der Waals surface area contributed by atoms with E-state index in [1.165, 1.54) is 6.07 Å². The summed E-state index contributed by atoms with van der Waals surface area (Å²) in [5, 5.41) is 14.7. The normalized spacial score (nSPS) is 10.7. The van der Waals surface area contributed by atoms with Crippen molar-refractivity contribution in [2.75, 3.05) is 0 Å². The maximum Gasteiger partial charge on any atom is 0.286 e. The van der Waals surface area contributed by atoms with Crippen molar-refractivity contribution in [1.29, 1.82) is 0 Å². The number of pyridine rings is 1. The molecular formula is C16H12FN5O5. The fourth-order valence-corrected chi connectivity index (χ4v) is 2.33. The predicted octanol–water partition coefficient (Wildman–Crippen LogP) is 1.40. The second kappa shape index (κ2) is 6.78. The first-order valence-corrected chi connectivity index (χ1v) is 7.54. The van der Waals surface area contributed by atoms with Crippen LogP contribution in [0.15, 0.2) is 39.8 Å². The smallest absolute Gasteiger partial charge is 0.286 e. The van der Waals surface area contributed by atoms with Crippen molar-refractivity contribution in [3.63, 3.8) is 0 Å². The van der Waals surface area contributed by atoms with E-state index >= 15 is 0 Å². The van der Waals surface area contributed by atoms with Crippen LogP contribution < -0.4 is 11.3 Å². The molecule has 0 aliphatic heterocycles. The number of nitrogens with zero attached hydrogens (tertiary/aromatic N) is 4. The molecule has 2 heterocycles. The summed E-state index contributed by atoms with van der Waals surface area (Å²) in [6.07, 6.45) is 0.935. The molecule has 0 unspecified atom stereocenters. The Labute approximate surface area is 150 Å². The molecule has 138 valence electrons. The van der Waals surface area contributed by atoms with Gasteiger partial charge in [-0.05, 0) is 18.6 Å². The number of carbonyl (C=O) groups is 1. The summed E-state index contributed by atoms with van der Waals surface area (Å²) in [4.78, 5) is 37.9. The molecule has 0 atom stereocenters. The second-order valence-corrected chi connectivity index (χ2v) is 5.64. The molecule has 2 N–H and O–H groups in total. The number of rotatable bonds is 5. The molecule has 11 heteroatoms. The van der Waals surface area contributed by atoms with Crippen LogP contribution >= 0.6 is 0 Å². The molecule has 3 aromatic rings. The summed E-state index contributed by atoms with van der Waals surface area (Å²) in [5.74, 6) is -1.53. The van der Waals surface area contributed by atoms with Crippen LogP contribution in [0.1, 0.15) is 21.8 Å². The van der Waals surface area contributed by atoms with E-state index in [1.54, 1.807) is 19.1 Å². The third-order valence-corrected chi connectivity index (χ3v) is 3.75. The van der Waals surface area contributed by atoms with Crippen LogP contribution in [0.2, 0.25) is 0 Å². The van der Waals surface area contributed by atoms with Gasteiger partial charge >= 0.3 is 0 Å². The topological polar surface area (TPSA) is 147 Å². The largest absolute Gasteiger partial charge is 0.365 e. The van der Waals surface area contributed by atoms with Crippen LogP contribution in [0.4, 0.5) is 10.1 Å². The van der Waals surface area contributed by atoms with Gasteiger partial charge in [0.15, 0.2) is 0 Å². The lowest BCUT2D eigenvalue weighted by Crippen LogP contribution is -2.30. The van der Waals surface area contributed by atoms with Crippen LogP contribution in [-0.4, -0.2) is 25.5 Å². The van der Waals surface area contributed by atoms with E-state index in [9.17, 15) is 24.1 Å². The Kier molecular flexibility index (Phi) is 4.50. The van der Waals surface area contributed by atoms with Gasteiger partial charge in [0.25, 0.3) is 17.2 Å². The summed E-state index contributed by atoms with van der Waals surface area (Å²) in [7, 11) is 0. The van der Waals surface area contributed by atoms with Crippen molar-refractivity contribution < 1.29 is 18.6 Å². The van der Waals surface area contributed by atoms with E-state index in [1.807, 2.05) is 0 Å². The van der Waals surface area contributed by atoms with Crippen LogP contribution in [0.3, 0.4) is 0 Å². The highest BCUT2D eigenvalue weighted by Crippen LogP contribution is 2.19. The van der Waals surface area contributed by atoms with Gasteiger partial charge in [-0.1, -0.05) is 17.3 Å². The summed E-state index contributed by atoms with van der Waals surface area (Å²) in [6.45, 7) is 1.27. The minimum Gasteiger partial charge on any atom is -0.365 e. The van der Waals surface area contributed by atoms with Crippen molar-refractivity contribution in [3.8, 4) is 11.4 Å². The Hall–Kier alpha value is -3.89. The molecule has 0 aliphatic carbocycles. The van der Waals surface area contributed by atoms with Crippen molar-refractivity contribution >= 4 is 11.6 Å². The molecule has 0 saturated carbocycles. The van der Waals surface area contributed by atoms with E-state index in [0.29, 0.717) is 11.1 Å². The number of hydrogen-bond acceptors (Lipinski definition) is 7. The molecule has 0 spiro atoms. The number of nitro groups is 1. The molecular weight excluding hydrogens is 361 g/mol. The average Bonchev–Trinajstić information content (AvgIpc) is 3.07. The van der Waals surface area contributed by atoms with E-state index in [4.69, 9.17) is 10.3 Å². The van der Waals surface area contributed by atoms with Crippen LogP contribution in [0, 0.1) is 22.9 Å². The first kappa shape index (κ1) is 17.9. The number of carbonyl (C=O) groups excluding carboxylic acids is 1. The fraction of sp³-hybridized carbons (Fsp3) is 0.125. The Morgan fingerprint density at radius 3 is 2.78 bits per heavy atom. The standard InChI is InChI=1S/C16H12FN5O5/c1-8-2-3-9(4-12(8)17)15-19-13(27-20-15)7-21-6-10(22(25)26)5-11(14(18)23)16(21)24/h2-6H,7H2,1H3,(H2,18,23). The zero-order valence-corrected chi connectivity index (χ0v) is 13.9. The van der Waals surface area contributed by atoms with E-state index in [-0.39, 0.29) is 18.3 Å². The minimum atomic E-state index is -1.10. The fourth-order valence-electron chi connectivity index (χ4n) is 2.33.